The van der Waals surface area contributed by atoms with E-state index in [0.717, 1.165) is 19.3 Å². The molecule has 0 bridgehead atoms. The van der Waals surface area contributed by atoms with Gasteiger partial charge in [0.1, 0.15) is 18.3 Å². The van der Waals surface area contributed by atoms with Gasteiger partial charge in [-0.2, -0.15) is 0 Å². The fraction of sp³-hybridized carbons (Fsp3) is 0.944. The van der Waals surface area contributed by atoms with Crippen LogP contribution in [0.15, 0.2) is 0 Å². The van der Waals surface area contributed by atoms with Crippen molar-refractivity contribution in [2.75, 3.05) is 6.61 Å². The van der Waals surface area contributed by atoms with Gasteiger partial charge < -0.3 is 29.9 Å². The molecule has 4 N–H and O–H groups in total. The summed E-state index contributed by atoms with van der Waals surface area (Å²) in [6.07, 6.45) is 4.74. The number of aliphatic hydroxyl groups is 3. The fourth-order valence-electron chi connectivity index (χ4n) is 3.00. The van der Waals surface area contributed by atoms with Crippen molar-refractivity contribution in [3.63, 3.8) is 0 Å². The Hall–Kier alpha value is -0.730. The van der Waals surface area contributed by atoms with Gasteiger partial charge in [0.05, 0.1) is 0 Å². The summed E-state index contributed by atoms with van der Waals surface area (Å²) in [7, 11) is 0. The molecule has 0 saturated carbocycles. The van der Waals surface area contributed by atoms with Crippen LogP contribution in [0.25, 0.3) is 0 Å². The van der Waals surface area contributed by atoms with Crippen molar-refractivity contribution in [2.24, 2.45) is 0 Å². The minimum absolute atomic E-state index is 0.362. The Bertz CT molecular complexity index is 363. The van der Waals surface area contributed by atoms with Crippen molar-refractivity contribution in [3.8, 4) is 0 Å². The molecule has 0 aromatic rings. The summed E-state index contributed by atoms with van der Waals surface area (Å²) in [4.78, 5) is 10.7. The number of aliphatic hydroxyl groups excluding tert-OH is 3. The predicted octanol–water partition coefficient (Wildman–Crippen LogP) is 1.82. The van der Waals surface area contributed by atoms with Gasteiger partial charge in [-0.15, -0.1) is 0 Å². The molecule has 0 unspecified atom stereocenters. The molecule has 0 aromatic heterocycles. The van der Waals surface area contributed by atoms with Crippen molar-refractivity contribution >= 4 is 5.97 Å². The van der Waals surface area contributed by atoms with Gasteiger partial charge in [0.25, 0.3) is 0 Å². The molecule has 7 nitrogen and oxygen atoms in total. The van der Waals surface area contributed by atoms with Gasteiger partial charge in [0, 0.05) is 6.61 Å². The molecule has 0 radical (unpaired) electrons. The summed E-state index contributed by atoms with van der Waals surface area (Å²) in [5.74, 6) is -1.51. The normalized spacial score (nSPS) is 27.5. The summed E-state index contributed by atoms with van der Waals surface area (Å²) in [6, 6.07) is 0. The monoisotopic (exact) mass is 362 g/mol. The molecule has 1 rings (SSSR count). The van der Waals surface area contributed by atoms with Crippen molar-refractivity contribution < 1.29 is 34.7 Å². The van der Waals surface area contributed by atoms with E-state index in [1.165, 1.54) is 44.9 Å². The Labute approximate surface area is 150 Å². The predicted molar refractivity (Wildman–Crippen MR) is 92.1 cm³/mol. The van der Waals surface area contributed by atoms with Gasteiger partial charge in [-0.1, -0.05) is 64.7 Å². The molecule has 5 atom stereocenters. The molecular weight excluding hydrogens is 328 g/mol. The highest BCUT2D eigenvalue weighted by Crippen LogP contribution is 2.25. The van der Waals surface area contributed by atoms with E-state index < -0.39 is 36.7 Å². The van der Waals surface area contributed by atoms with Crippen molar-refractivity contribution in [3.05, 3.63) is 0 Å². The first-order valence-corrected chi connectivity index (χ1v) is 9.53. The van der Waals surface area contributed by atoms with E-state index in [0.29, 0.717) is 6.61 Å². The number of ether oxygens (including phenoxy) is 2. The number of carbonyl (C=O) groups is 1. The second kappa shape index (κ2) is 12.6. The van der Waals surface area contributed by atoms with Gasteiger partial charge >= 0.3 is 5.97 Å². The van der Waals surface area contributed by atoms with Crippen LogP contribution < -0.4 is 0 Å². The molecule has 148 valence electrons. The number of carboxylic acid groups (broad SMARTS) is 1. The highest BCUT2D eigenvalue weighted by atomic mass is 16.7. The molecule has 0 aromatic carbocycles. The molecule has 1 aliphatic rings. The molecule has 0 spiro atoms. The Morgan fingerprint density at radius 2 is 1.48 bits per heavy atom. The van der Waals surface area contributed by atoms with Gasteiger partial charge in [0.15, 0.2) is 12.4 Å². The third kappa shape index (κ3) is 8.00. The lowest BCUT2D eigenvalue weighted by Gasteiger charge is -2.17. The third-order valence-electron chi connectivity index (χ3n) is 4.60. The highest BCUT2D eigenvalue weighted by Gasteiger charge is 2.48. The molecule has 0 amide bonds. The first-order valence-electron chi connectivity index (χ1n) is 9.53. The van der Waals surface area contributed by atoms with Crippen LogP contribution in [0.4, 0.5) is 0 Å². The van der Waals surface area contributed by atoms with E-state index in [1.54, 1.807) is 0 Å². The van der Waals surface area contributed by atoms with Crippen LogP contribution in [0.3, 0.4) is 0 Å². The number of aliphatic carboxylic acids is 1. The molecule has 1 fully saturated rings. The molecule has 0 aliphatic carbocycles. The van der Waals surface area contributed by atoms with Gasteiger partial charge in [-0.05, 0) is 6.42 Å². The Morgan fingerprint density at radius 1 is 0.960 bits per heavy atom. The molecule has 1 saturated heterocycles. The van der Waals surface area contributed by atoms with E-state index >= 15 is 0 Å². The van der Waals surface area contributed by atoms with E-state index in [9.17, 15) is 20.1 Å². The molecular formula is C18H34O7. The number of carboxylic acids is 1. The van der Waals surface area contributed by atoms with Crippen LogP contribution >= 0.6 is 0 Å². The van der Waals surface area contributed by atoms with Crippen LogP contribution in [0.5, 0.6) is 0 Å². The standard InChI is InChI=1S/C18H34O7/c1-2-3-4-5-6-7-8-9-10-11-12-24-18-14(20)13(19)16(25-18)15(21)17(22)23/h13-16,18-21H,2-12H2,1H3,(H,22,23)/t13-,14-,15+,16-,18-/m1/s1. The molecule has 25 heavy (non-hydrogen) atoms. The van der Waals surface area contributed by atoms with Crippen molar-refractivity contribution in [1.29, 1.82) is 0 Å². The van der Waals surface area contributed by atoms with E-state index in [4.69, 9.17) is 14.6 Å². The molecule has 1 aliphatic heterocycles. The number of hydrogen-bond acceptors (Lipinski definition) is 6. The lowest BCUT2D eigenvalue weighted by molar-refractivity contribution is -0.186. The Morgan fingerprint density at radius 3 is 2.00 bits per heavy atom. The zero-order valence-corrected chi connectivity index (χ0v) is 15.2. The maximum atomic E-state index is 10.7. The number of hydrogen-bond donors (Lipinski definition) is 4. The van der Waals surface area contributed by atoms with Crippen LogP contribution in [0.2, 0.25) is 0 Å². The second-order valence-electron chi connectivity index (χ2n) is 6.79. The quantitative estimate of drug-likeness (QED) is 0.348. The lowest BCUT2D eigenvalue weighted by atomic mass is 10.1. The topological polar surface area (TPSA) is 116 Å². The van der Waals surface area contributed by atoms with Crippen LogP contribution in [0, 0.1) is 0 Å². The smallest absolute Gasteiger partial charge is 0.335 e. The molecule has 7 heteroatoms. The van der Waals surface area contributed by atoms with Crippen LogP contribution in [-0.2, 0) is 14.3 Å². The van der Waals surface area contributed by atoms with Crippen molar-refractivity contribution in [2.45, 2.75) is 102 Å². The highest BCUT2D eigenvalue weighted by molar-refractivity contribution is 5.72. The van der Waals surface area contributed by atoms with Crippen LogP contribution in [0.1, 0.15) is 71.1 Å². The Kier molecular flexibility index (Phi) is 11.2. The second-order valence-corrected chi connectivity index (χ2v) is 6.79. The maximum absolute atomic E-state index is 10.7. The zero-order chi connectivity index (χ0) is 18.7. The van der Waals surface area contributed by atoms with Crippen molar-refractivity contribution in [1.82, 2.24) is 0 Å². The Balaban J connectivity index is 2.05. The summed E-state index contributed by atoms with van der Waals surface area (Å²) < 4.78 is 10.5. The fourth-order valence-corrected chi connectivity index (χ4v) is 3.00. The van der Waals surface area contributed by atoms with E-state index in [-0.39, 0.29) is 0 Å². The first kappa shape index (κ1) is 22.3. The van der Waals surface area contributed by atoms with Gasteiger partial charge in [-0.3, -0.25) is 0 Å². The summed E-state index contributed by atoms with van der Waals surface area (Å²) in [5.41, 5.74) is 0. The molecule has 1 heterocycles. The minimum atomic E-state index is -1.89. The first-order chi connectivity index (χ1) is 12.0. The van der Waals surface area contributed by atoms with E-state index in [1.807, 2.05) is 0 Å². The maximum Gasteiger partial charge on any atom is 0.335 e. The summed E-state index contributed by atoms with van der Waals surface area (Å²) in [5, 5.41) is 37.7. The zero-order valence-electron chi connectivity index (χ0n) is 15.2. The SMILES string of the molecule is CCCCCCCCCCCCO[C@@H]1O[C@@H]([C@H](O)C(=O)O)[C@H](O)[C@H]1O. The average molecular weight is 362 g/mol. The third-order valence-corrected chi connectivity index (χ3v) is 4.60. The van der Waals surface area contributed by atoms with Gasteiger partial charge in [-0.25, -0.2) is 4.79 Å². The summed E-state index contributed by atoms with van der Waals surface area (Å²) >= 11 is 0. The van der Waals surface area contributed by atoms with Gasteiger partial charge in [0.2, 0.25) is 0 Å². The number of rotatable bonds is 14. The number of unbranched alkanes of at least 4 members (excludes halogenated alkanes) is 9. The average Bonchev–Trinajstić information content (AvgIpc) is 2.87. The van der Waals surface area contributed by atoms with E-state index in [2.05, 4.69) is 6.92 Å². The summed E-state index contributed by atoms with van der Waals surface area (Å²) in [6.45, 7) is 2.58. The largest absolute Gasteiger partial charge is 0.479 e. The van der Waals surface area contributed by atoms with Crippen LogP contribution in [-0.4, -0.2) is 63.7 Å². The minimum Gasteiger partial charge on any atom is -0.479 e. The lowest BCUT2D eigenvalue weighted by Crippen LogP contribution is -2.42.